The van der Waals surface area contributed by atoms with E-state index in [9.17, 15) is 4.79 Å². The summed E-state index contributed by atoms with van der Waals surface area (Å²) in [6.07, 6.45) is 0. The lowest BCUT2D eigenvalue weighted by Crippen LogP contribution is -2.48. The van der Waals surface area contributed by atoms with Crippen LogP contribution < -0.4 is 5.32 Å². The molecule has 1 aliphatic rings. The van der Waals surface area contributed by atoms with Gasteiger partial charge in [-0.05, 0) is 29.3 Å². The van der Waals surface area contributed by atoms with Gasteiger partial charge in [0.05, 0.1) is 12.2 Å². The zero-order valence-corrected chi connectivity index (χ0v) is 13.4. The maximum absolute atomic E-state index is 12.0. The SMILES string of the molecule is Cc1cc(NC(=O)CN2CCN(Cc3ccsc3)CC2)on1. The predicted molar refractivity (Wildman–Crippen MR) is 85.9 cm³/mol. The van der Waals surface area contributed by atoms with Crippen molar-refractivity contribution < 1.29 is 9.32 Å². The highest BCUT2D eigenvalue weighted by Crippen LogP contribution is 2.12. The number of hydrogen-bond donors (Lipinski definition) is 1. The first-order valence-corrected chi connectivity index (χ1v) is 8.32. The molecule has 0 saturated carbocycles. The third kappa shape index (κ3) is 4.16. The van der Waals surface area contributed by atoms with Gasteiger partial charge in [0.1, 0.15) is 0 Å². The second-order valence-corrected chi connectivity index (χ2v) is 6.34. The molecule has 1 N–H and O–H groups in total. The second kappa shape index (κ2) is 7.04. The Bertz CT molecular complexity index is 603. The smallest absolute Gasteiger partial charge is 0.240 e. The van der Waals surface area contributed by atoms with E-state index in [0.29, 0.717) is 12.4 Å². The number of nitrogens with one attached hydrogen (secondary N) is 1. The number of aryl methyl sites for hydroxylation is 1. The van der Waals surface area contributed by atoms with Gasteiger partial charge in [0.2, 0.25) is 11.8 Å². The summed E-state index contributed by atoms with van der Waals surface area (Å²) >= 11 is 1.74. The molecule has 3 heterocycles. The van der Waals surface area contributed by atoms with Gasteiger partial charge < -0.3 is 4.52 Å². The molecule has 0 unspecified atom stereocenters. The Labute approximate surface area is 133 Å². The van der Waals surface area contributed by atoms with Gasteiger partial charge in [0.15, 0.2) is 0 Å². The van der Waals surface area contributed by atoms with E-state index in [1.54, 1.807) is 17.4 Å². The highest BCUT2D eigenvalue weighted by molar-refractivity contribution is 7.07. The highest BCUT2D eigenvalue weighted by Gasteiger charge is 2.19. The number of hydrogen-bond acceptors (Lipinski definition) is 6. The lowest BCUT2D eigenvalue weighted by atomic mass is 10.2. The Morgan fingerprint density at radius 3 is 2.77 bits per heavy atom. The molecule has 1 amide bonds. The van der Waals surface area contributed by atoms with Crippen LogP contribution in [0.1, 0.15) is 11.3 Å². The molecule has 0 aliphatic carbocycles. The number of carbonyl (C=O) groups is 1. The molecular formula is C15H20N4O2S. The van der Waals surface area contributed by atoms with Crippen LogP contribution in [-0.2, 0) is 11.3 Å². The number of amides is 1. The van der Waals surface area contributed by atoms with Gasteiger partial charge >= 0.3 is 0 Å². The minimum absolute atomic E-state index is 0.0533. The van der Waals surface area contributed by atoms with Crippen LogP contribution in [0.2, 0.25) is 0 Å². The quantitative estimate of drug-likeness (QED) is 0.910. The van der Waals surface area contributed by atoms with Crippen LogP contribution in [0.3, 0.4) is 0 Å². The van der Waals surface area contributed by atoms with Crippen LogP contribution in [0.5, 0.6) is 0 Å². The largest absolute Gasteiger partial charge is 0.338 e. The van der Waals surface area contributed by atoms with Crippen LogP contribution in [-0.4, -0.2) is 53.6 Å². The van der Waals surface area contributed by atoms with Gasteiger partial charge in [-0.3, -0.25) is 19.9 Å². The molecule has 2 aromatic rings. The van der Waals surface area contributed by atoms with Gasteiger partial charge in [-0.25, -0.2) is 0 Å². The van der Waals surface area contributed by atoms with Crippen LogP contribution in [0.4, 0.5) is 5.88 Å². The fraction of sp³-hybridized carbons (Fsp3) is 0.467. The van der Waals surface area contributed by atoms with Crippen molar-refractivity contribution >= 4 is 23.1 Å². The molecule has 0 radical (unpaired) electrons. The molecule has 1 aliphatic heterocycles. The third-order valence-corrected chi connectivity index (χ3v) is 4.44. The van der Waals surface area contributed by atoms with E-state index in [1.807, 2.05) is 6.92 Å². The van der Waals surface area contributed by atoms with Crippen LogP contribution in [0.15, 0.2) is 27.4 Å². The average Bonchev–Trinajstić information content (AvgIpc) is 3.13. The predicted octanol–water partition coefficient (Wildman–Crippen LogP) is 1.80. The molecule has 22 heavy (non-hydrogen) atoms. The molecule has 0 aromatic carbocycles. The minimum Gasteiger partial charge on any atom is -0.338 e. The molecular weight excluding hydrogens is 300 g/mol. The fourth-order valence-electron chi connectivity index (χ4n) is 2.55. The Morgan fingerprint density at radius 2 is 2.14 bits per heavy atom. The lowest BCUT2D eigenvalue weighted by Gasteiger charge is -2.34. The van der Waals surface area contributed by atoms with Crippen molar-refractivity contribution in [1.29, 1.82) is 0 Å². The first-order valence-electron chi connectivity index (χ1n) is 7.38. The number of rotatable bonds is 5. The summed E-state index contributed by atoms with van der Waals surface area (Å²) in [5.74, 6) is 0.362. The first kappa shape index (κ1) is 15.2. The number of nitrogens with zero attached hydrogens (tertiary/aromatic N) is 3. The minimum atomic E-state index is -0.0533. The van der Waals surface area contributed by atoms with E-state index in [2.05, 4.69) is 37.1 Å². The summed E-state index contributed by atoms with van der Waals surface area (Å²) in [6, 6.07) is 3.89. The highest BCUT2D eigenvalue weighted by atomic mass is 32.1. The third-order valence-electron chi connectivity index (χ3n) is 3.71. The summed E-state index contributed by atoms with van der Waals surface area (Å²) in [6.45, 7) is 7.02. The van der Waals surface area contributed by atoms with Gasteiger partial charge in [0.25, 0.3) is 0 Å². The van der Waals surface area contributed by atoms with Gasteiger partial charge in [-0.1, -0.05) is 5.16 Å². The molecule has 7 heteroatoms. The van der Waals surface area contributed by atoms with Crippen molar-refractivity contribution in [3.63, 3.8) is 0 Å². The van der Waals surface area contributed by atoms with Crippen LogP contribution in [0, 0.1) is 6.92 Å². The normalized spacial score (nSPS) is 16.8. The Hall–Kier alpha value is -1.70. The maximum Gasteiger partial charge on any atom is 0.240 e. The molecule has 0 bridgehead atoms. The van der Waals surface area contributed by atoms with Crippen molar-refractivity contribution in [1.82, 2.24) is 15.0 Å². The van der Waals surface area contributed by atoms with Crippen molar-refractivity contribution in [2.75, 3.05) is 38.0 Å². The summed E-state index contributed by atoms with van der Waals surface area (Å²) in [5.41, 5.74) is 2.13. The molecule has 1 saturated heterocycles. The summed E-state index contributed by atoms with van der Waals surface area (Å²) in [5, 5.41) is 10.8. The zero-order chi connectivity index (χ0) is 15.4. The fourth-order valence-corrected chi connectivity index (χ4v) is 3.21. The standard InChI is InChI=1S/C15H20N4O2S/c1-12-8-15(21-17-12)16-14(20)10-19-5-3-18(4-6-19)9-13-2-7-22-11-13/h2,7-8,11H,3-6,9-10H2,1H3,(H,16,20). The van der Waals surface area contributed by atoms with E-state index in [1.165, 1.54) is 5.56 Å². The Balaban J connectivity index is 1.40. The van der Waals surface area contributed by atoms with Crippen molar-refractivity contribution in [2.45, 2.75) is 13.5 Å². The Kier molecular flexibility index (Phi) is 4.87. The van der Waals surface area contributed by atoms with Crippen molar-refractivity contribution in [3.8, 4) is 0 Å². The average molecular weight is 320 g/mol. The number of aromatic nitrogens is 1. The van der Waals surface area contributed by atoms with Crippen LogP contribution in [0.25, 0.3) is 0 Å². The summed E-state index contributed by atoms with van der Waals surface area (Å²) in [4.78, 5) is 16.6. The maximum atomic E-state index is 12.0. The Morgan fingerprint density at radius 1 is 1.36 bits per heavy atom. The summed E-state index contributed by atoms with van der Waals surface area (Å²) < 4.78 is 4.99. The van der Waals surface area contributed by atoms with Crippen LogP contribution >= 0.6 is 11.3 Å². The number of anilines is 1. The van der Waals surface area contributed by atoms with E-state index in [4.69, 9.17) is 4.52 Å². The first-order chi connectivity index (χ1) is 10.7. The van der Waals surface area contributed by atoms with Gasteiger partial charge in [0, 0.05) is 38.8 Å². The molecule has 6 nitrogen and oxygen atoms in total. The number of thiophene rings is 1. The van der Waals surface area contributed by atoms with Crippen molar-refractivity contribution in [3.05, 3.63) is 34.2 Å². The molecule has 1 fully saturated rings. The van der Waals surface area contributed by atoms with Gasteiger partial charge in [-0.2, -0.15) is 11.3 Å². The molecule has 0 spiro atoms. The number of carbonyl (C=O) groups excluding carboxylic acids is 1. The zero-order valence-electron chi connectivity index (χ0n) is 12.6. The van der Waals surface area contributed by atoms with E-state index in [-0.39, 0.29) is 5.91 Å². The molecule has 118 valence electrons. The summed E-state index contributed by atoms with van der Waals surface area (Å²) in [7, 11) is 0. The van der Waals surface area contributed by atoms with E-state index >= 15 is 0 Å². The molecule has 0 atom stereocenters. The van der Waals surface area contributed by atoms with Crippen molar-refractivity contribution in [2.24, 2.45) is 0 Å². The monoisotopic (exact) mass is 320 g/mol. The molecule has 3 rings (SSSR count). The van der Waals surface area contributed by atoms with Gasteiger partial charge in [-0.15, -0.1) is 0 Å². The second-order valence-electron chi connectivity index (χ2n) is 5.56. The van der Waals surface area contributed by atoms with E-state index in [0.717, 1.165) is 38.4 Å². The topological polar surface area (TPSA) is 61.6 Å². The van der Waals surface area contributed by atoms with E-state index < -0.39 is 0 Å². The molecule has 2 aromatic heterocycles. The number of piperazine rings is 1. The lowest BCUT2D eigenvalue weighted by molar-refractivity contribution is -0.117.